The molecule has 0 bridgehead atoms. The molecule has 0 rings (SSSR count). The van der Waals surface area contributed by atoms with Gasteiger partial charge in [0, 0.05) is 6.42 Å². The van der Waals surface area contributed by atoms with Crippen molar-refractivity contribution in [1.82, 2.24) is 0 Å². The summed E-state index contributed by atoms with van der Waals surface area (Å²) in [5.41, 5.74) is 0. The van der Waals surface area contributed by atoms with Crippen LogP contribution in [0.15, 0.2) is 0 Å². The summed E-state index contributed by atoms with van der Waals surface area (Å²) in [7, 11) is 0. The average Bonchev–Trinajstić information content (AvgIpc) is 2.25. The van der Waals surface area contributed by atoms with Gasteiger partial charge in [0.1, 0.15) is 0 Å². The van der Waals surface area contributed by atoms with Crippen molar-refractivity contribution in [2.24, 2.45) is 0 Å². The third-order valence-electron chi connectivity index (χ3n) is 2.58. The number of rotatable bonds is 10. The van der Waals surface area contributed by atoms with Gasteiger partial charge in [0.15, 0.2) is 11.9 Å². The van der Waals surface area contributed by atoms with Crippen molar-refractivity contribution >= 4 is 5.78 Å². The first-order valence-electron chi connectivity index (χ1n) is 6.09. The van der Waals surface area contributed by atoms with Crippen LogP contribution in [0.2, 0.25) is 0 Å². The van der Waals surface area contributed by atoms with Crippen molar-refractivity contribution < 1.29 is 14.9 Å². The van der Waals surface area contributed by atoms with Crippen molar-refractivity contribution in [3.05, 3.63) is 0 Å². The van der Waals surface area contributed by atoms with Gasteiger partial charge in [0.25, 0.3) is 0 Å². The van der Waals surface area contributed by atoms with E-state index in [2.05, 4.69) is 18.7 Å². The SMILES string of the molecule is CCCCCCC(=O)C(CCCC)OO. The lowest BCUT2D eigenvalue weighted by atomic mass is 10.0. The summed E-state index contributed by atoms with van der Waals surface area (Å²) in [6.07, 6.45) is 6.87. The van der Waals surface area contributed by atoms with Gasteiger partial charge < -0.3 is 0 Å². The Morgan fingerprint density at radius 3 is 2.33 bits per heavy atom. The largest absolute Gasteiger partial charge is 0.297 e. The van der Waals surface area contributed by atoms with Crippen molar-refractivity contribution in [2.75, 3.05) is 0 Å². The van der Waals surface area contributed by atoms with Crippen LogP contribution in [0.5, 0.6) is 0 Å². The van der Waals surface area contributed by atoms with E-state index in [1.54, 1.807) is 0 Å². The molecule has 0 spiro atoms. The Bertz CT molecular complexity index is 157. The molecule has 0 aliphatic heterocycles. The quantitative estimate of drug-likeness (QED) is 0.345. The van der Waals surface area contributed by atoms with Gasteiger partial charge in [0.05, 0.1) is 0 Å². The molecule has 0 radical (unpaired) electrons. The van der Waals surface area contributed by atoms with Crippen LogP contribution in [0, 0.1) is 0 Å². The minimum absolute atomic E-state index is 0.0436. The molecule has 1 unspecified atom stereocenters. The van der Waals surface area contributed by atoms with Crippen LogP contribution < -0.4 is 0 Å². The highest BCUT2D eigenvalue weighted by Gasteiger charge is 2.17. The molecule has 0 saturated heterocycles. The summed E-state index contributed by atoms with van der Waals surface area (Å²) in [5, 5.41) is 8.60. The van der Waals surface area contributed by atoms with Crippen molar-refractivity contribution in [3.63, 3.8) is 0 Å². The number of hydrogen-bond donors (Lipinski definition) is 1. The number of ketones is 1. The molecule has 3 nitrogen and oxygen atoms in total. The maximum absolute atomic E-state index is 11.6. The Balaban J connectivity index is 3.63. The van der Waals surface area contributed by atoms with E-state index in [1.807, 2.05) is 0 Å². The number of Topliss-reactive ketones (excluding diaryl/α,β-unsaturated/α-hetero) is 1. The van der Waals surface area contributed by atoms with Gasteiger partial charge in [-0.3, -0.25) is 10.1 Å². The van der Waals surface area contributed by atoms with Crippen LogP contribution in [0.3, 0.4) is 0 Å². The summed E-state index contributed by atoms with van der Waals surface area (Å²) >= 11 is 0. The third kappa shape index (κ3) is 7.51. The lowest BCUT2D eigenvalue weighted by Crippen LogP contribution is -2.22. The van der Waals surface area contributed by atoms with Gasteiger partial charge in [-0.1, -0.05) is 46.0 Å². The van der Waals surface area contributed by atoms with Crippen molar-refractivity contribution in [1.29, 1.82) is 0 Å². The Kier molecular flexibility index (Phi) is 9.84. The summed E-state index contributed by atoms with van der Waals surface area (Å²) in [6.45, 7) is 4.20. The van der Waals surface area contributed by atoms with Gasteiger partial charge in [-0.2, -0.15) is 0 Å². The second-order valence-electron chi connectivity index (χ2n) is 4.01. The fraction of sp³-hybridized carbons (Fsp3) is 0.917. The first-order valence-corrected chi connectivity index (χ1v) is 6.09. The normalized spacial score (nSPS) is 12.7. The second-order valence-corrected chi connectivity index (χ2v) is 4.01. The first-order chi connectivity index (χ1) is 7.26. The molecule has 90 valence electrons. The zero-order valence-electron chi connectivity index (χ0n) is 10.00. The topological polar surface area (TPSA) is 46.5 Å². The lowest BCUT2D eigenvalue weighted by molar-refractivity contribution is -0.272. The molecule has 15 heavy (non-hydrogen) atoms. The smallest absolute Gasteiger partial charge is 0.164 e. The van der Waals surface area contributed by atoms with E-state index in [0.717, 1.165) is 25.7 Å². The second kappa shape index (κ2) is 10.1. The fourth-order valence-electron chi connectivity index (χ4n) is 1.55. The van der Waals surface area contributed by atoms with Crippen LogP contribution in [0.4, 0.5) is 0 Å². The molecule has 0 aromatic carbocycles. The van der Waals surface area contributed by atoms with E-state index in [1.165, 1.54) is 12.8 Å². The zero-order valence-corrected chi connectivity index (χ0v) is 10.00. The van der Waals surface area contributed by atoms with Crippen LogP contribution in [0.25, 0.3) is 0 Å². The van der Waals surface area contributed by atoms with Crippen molar-refractivity contribution in [2.45, 2.75) is 71.3 Å². The molecule has 0 aromatic rings. The monoisotopic (exact) mass is 216 g/mol. The predicted molar refractivity (Wildman–Crippen MR) is 60.8 cm³/mol. The predicted octanol–water partition coefficient (Wildman–Crippen LogP) is 3.57. The molecular formula is C12H24O3. The van der Waals surface area contributed by atoms with E-state index < -0.39 is 6.10 Å². The van der Waals surface area contributed by atoms with E-state index in [4.69, 9.17) is 5.26 Å². The minimum Gasteiger partial charge on any atom is -0.297 e. The molecule has 0 fully saturated rings. The highest BCUT2D eigenvalue weighted by Crippen LogP contribution is 2.10. The van der Waals surface area contributed by atoms with Crippen LogP contribution in [0.1, 0.15) is 65.2 Å². The van der Waals surface area contributed by atoms with E-state index in [9.17, 15) is 4.79 Å². The molecule has 0 aromatic heterocycles. The van der Waals surface area contributed by atoms with Gasteiger partial charge in [0.2, 0.25) is 0 Å². The van der Waals surface area contributed by atoms with Gasteiger partial charge >= 0.3 is 0 Å². The molecule has 0 saturated carbocycles. The van der Waals surface area contributed by atoms with Gasteiger partial charge in [-0.05, 0) is 12.8 Å². The Morgan fingerprint density at radius 1 is 1.13 bits per heavy atom. The number of unbranched alkanes of at least 4 members (excludes halogenated alkanes) is 4. The summed E-state index contributed by atoms with van der Waals surface area (Å²) in [5.74, 6) is 0.0436. The number of carbonyl (C=O) groups excluding carboxylic acids is 1. The van der Waals surface area contributed by atoms with Crippen LogP contribution in [-0.2, 0) is 9.68 Å². The number of hydrogen-bond acceptors (Lipinski definition) is 3. The van der Waals surface area contributed by atoms with Crippen LogP contribution in [-0.4, -0.2) is 17.1 Å². The lowest BCUT2D eigenvalue weighted by Gasteiger charge is -2.11. The summed E-state index contributed by atoms with van der Waals surface area (Å²) < 4.78 is 0. The molecule has 0 amide bonds. The maximum Gasteiger partial charge on any atom is 0.164 e. The Morgan fingerprint density at radius 2 is 1.80 bits per heavy atom. The molecule has 1 N–H and O–H groups in total. The highest BCUT2D eigenvalue weighted by atomic mass is 17.1. The molecular weight excluding hydrogens is 192 g/mol. The molecule has 0 heterocycles. The van der Waals surface area contributed by atoms with Crippen molar-refractivity contribution in [3.8, 4) is 0 Å². The highest BCUT2D eigenvalue weighted by molar-refractivity contribution is 5.82. The summed E-state index contributed by atoms with van der Waals surface area (Å²) in [6, 6.07) is 0. The van der Waals surface area contributed by atoms with Gasteiger partial charge in [-0.25, -0.2) is 4.89 Å². The Hall–Kier alpha value is -0.410. The molecule has 0 aliphatic carbocycles. The molecule has 0 aliphatic rings. The maximum atomic E-state index is 11.6. The number of carbonyl (C=O) groups is 1. The molecule has 3 heteroatoms. The van der Waals surface area contributed by atoms with E-state index in [0.29, 0.717) is 12.8 Å². The Labute approximate surface area is 92.8 Å². The van der Waals surface area contributed by atoms with E-state index >= 15 is 0 Å². The fourth-order valence-corrected chi connectivity index (χ4v) is 1.55. The van der Waals surface area contributed by atoms with Gasteiger partial charge in [-0.15, -0.1) is 0 Å². The first kappa shape index (κ1) is 14.6. The standard InChI is InChI=1S/C12H24O3/c1-3-5-7-8-9-11(13)12(15-14)10-6-4-2/h12,14H,3-10H2,1-2H3. The average molecular weight is 216 g/mol. The third-order valence-corrected chi connectivity index (χ3v) is 2.58. The molecule has 1 atom stereocenters. The summed E-state index contributed by atoms with van der Waals surface area (Å²) in [4.78, 5) is 15.8. The van der Waals surface area contributed by atoms with Crippen LogP contribution >= 0.6 is 0 Å². The van der Waals surface area contributed by atoms with E-state index in [-0.39, 0.29) is 5.78 Å². The zero-order chi connectivity index (χ0) is 11.5. The minimum atomic E-state index is -0.591.